The van der Waals surface area contributed by atoms with Crippen molar-refractivity contribution in [2.45, 2.75) is 0 Å². The zero-order chi connectivity index (χ0) is 10.8. The van der Waals surface area contributed by atoms with E-state index in [0.29, 0.717) is 20.5 Å². The molecule has 2 rings (SSSR count). The Hall–Kier alpha value is -0.830. The summed E-state index contributed by atoms with van der Waals surface area (Å²) >= 11 is 13.2. The third-order valence-corrected chi connectivity index (χ3v) is 3.48. The number of halogens is 2. The summed E-state index contributed by atoms with van der Waals surface area (Å²) < 4.78 is 0.500. The van der Waals surface area contributed by atoms with Gasteiger partial charge in [-0.25, -0.2) is 0 Å². The third-order valence-electron chi connectivity index (χ3n) is 1.98. The summed E-state index contributed by atoms with van der Waals surface area (Å²) in [5.74, 6) is -0.133. The molecule has 15 heavy (non-hydrogen) atoms. The molecule has 2 aromatic rings. The number of ketones is 1. The SMILES string of the molecule is O=C(c1ccccc1Cl)c1ccsc1Cl. The zero-order valence-electron chi connectivity index (χ0n) is 7.54. The Labute approximate surface area is 101 Å². The van der Waals surface area contributed by atoms with Crippen LogP contribution in [0.15, 0.2) is 35.7 Å². The van der Waals surface area contributed by atoms with Gasteiger partial charge in [-0.1, -0.05) is 35.3 Å². The van der Waals surface area contributed by atoms with Crippen LogP contribution in [0.5, 0.6) is 0 Å². The third kappa shape index (κ3) is 2.07. The highest BCUT2D eigenvalue weighted by Crippen LogP contribution is 2.27. The molecule has 0 N–H and O–H groups in total. The van der Waals surface area contributed by atoms with Crippen LogP contribution in [-0.2, 0) is 0 Å². The molecule has 0 amide bonds. The van der Waals surface area contributed by atoms with Crippen LogP contribution >= 0.6 is 34.5 Å². The van der Waals surface area contributed by atoms with E-state index in [1.807, 2.05) is 0 Å². The molecule has 76 valence electrons. The highest BCUT2D eigenvalue weighted by molar-refractivity contribution is 7.14. The second-order valence-corrected chi connectivity index (χ2v) is 4.84. The molecule has 0 aliphatic rings. The fraction of sp³-hybridized carbons (Fsp3) is 0. The van der Waals surface area contributed by atoms with Crippen molar-refractivity contribution in [1.29, 1.82) is 0 Å². The average Bonchev–Trinajstić information content (AvgIpc) is 2.64. The maximum atomic E-state index is 12.0. The van der Waals surface area contributed by atoms with E-state index < -0.39 is 0 Å². The van der Waals surface area contributed by atoms with Gasteiger partial charge in [-0.05, 0) is 23.6 Å². The molecule has 0 saturated heterocycles. The molecule has 0 spiro atoms. The van der Waals surface area contributed by atoms with Crippen LogP contribution in [0.3, 0.4) is 0 Å². The number of carbonyl (C=O) groups excluding carboxylic acids is 1. The Morgan fingerprint density at radius 2 is 1.80 bits per heavy atom. The maximum Gasteiger partial charge on any atom is 0.196 e. The second kappa shape index (κ2) is 4.35. The average molecular weight is 257 g/mol. The van der Waals surface area contributed by atoms with Gasteiger partial charge in [0.2, 0.25) is 0 Å². The van der Waals surface area contributed by atoms with Crippen molar-refractivity contribution >= 4 is 40.3 Å². The van der Waals surface area contributed by atoms with Gasteiger partial charge in [0, 0.05) is 5.56 Å². The van der Waals surface area contributed by atoms with Gasteiger partial charge in [0.1, 0.15) is 4.34 Å². The van der Waals surface area contributed by atoms with E-state index in [4.69, 9.17) is 23.2 Å². The van der Waals surface area contributed by atoms with E-state index >= 15 is 0 Å². The zero-order valence-corrected chi connectivity index (χ0v) is 9.86. The van der Waals surface area contributed by atoms with Gasteiger partial charge in [0.25, 0.3) is 0 Å². The van der Waals surface area contributed by atoms with Crippen molar-refractivity contribution in [3.63, 3.8) is 0 Å². The second-order valence-electron chi connectivity index (χ2n) is 2.92. The minimum absolute atomic E-state index is 0.133. The lowest BCUT2D eigenvalue weighted by atomic mass is 10.1. The van der Waals surface area contributed by atoms with Gasteiger partial charge >= 0.3 is 0 Å². The van der Waals surface area contributed by atoms with Crippen molar-refractivity contribution in [2.24, 2.45) is 0 Å². The monoisotopic (exact) mass is 256 g/mol. The number of rotatable bonds is 2. The largest absolute Gasteiger partial charge is 0.288 e. The fourth-order valence-electron chi connectivity index (χ4n) is 1.25. The normalized spacial score (nSPS) is 10.3. The highest BCUT2D eigenvalue weighted by Gasteiger charge is 2.15. The van der Waals surface area contributed by atoms with Crippen LogP contribution in [0.1, 0.15) is 15.9 Å². The first-order chi connectivity index (χ1) is 7.20. The molecule has 0 aliphatic carbocycles. The molecule has 1 aromatic carbocycles. The van der Waals surface area contributed by atoms with Crippen LogP contribution in [0.2, 0.25) is 9.36 Å². The maximum absolute atomic E-state index is 12.0. The topological polar surface area (TPSA) is 17.1 Å². The van der Waals surface area contributed by atoms with Gasteiger partial charge < -0.3 is 0 Å². The summed E-state index contributed by atoms with van der Waals surface area (Å²) in [7, 11) is 0. The van der Waals surface area contributed by atoms with Crippen LogP contribution in [0.4, 0.5) is 0 Å². The van der Waals surface area contributed by atoms with Crippen LogP contribution in [-0.4, -0.2) is 5.78 Å². The predicted molar refractivity (Wildman–Crippen MR) is 64.2 cm³/mol. The number of hydrogen-bond acceptors (Lipinski definition) is 2. The molecule has 1 aromatic heterocycles. The van der Waals surface area contributed by atoms with Gasteiger partial charge in [0.15, 0.2) is 5.78 Å². The Kier molecular flexibility index (Phi) is 3.10. The lowest BCUT2D eigenvalue weighted by Gasteiger charge is -2.01. The predicted octanol–water partition coefficient (Wildman–Crippen LogP) is 4.29. The van der Waals surface area contributed by atoms with E-state index in [0.717, 1.165) is 0 Å². The Bertz CT molecular complexity index is 505. The molecule has 0 atom stereocenters. The lowest BCUT2D eigenvalue weighted by Crippen LogP contribution is -2.00. The first-order valence-electron chi connectivity index (χ1n) is 4.22. The smallest absolute Gasteiger partial charge is 0.196 e. The van der Waals surface area contributed by atoms with Crippen LogP contribution in [0.25, 0.3) is 0 Å². The highest BCUT2D eigenvalue weighted by atomic mass is 35.5. The Morgan fingerprint density at radius 1 is 1.07 bits per heavy atom. The Morgan fingerprint density at radius 3 is 2.40 bits per heavy atom. The van der Waals surface area contributed by atoms with Crippen molar-refractivity contribution < 1.29 is 4.79 Å². The molecule has 0 unspecified atom stereocenters. The van der Waals surface area contributed by atoms with Gasteiger partial charge in [-0.3, -0.25) is 4.79 Å². The van der Waals surface area contributed by atoms with Crippen molar-refractivity contribution in [1.82, 2.24) is 0 Å². The molecular weight excluding hydrogens is 251 g/mol. The quantitative estimate of drug-likeness (QED) is 0.733. The van der Waals surface area contributed by atoms with Crippen LogP contribution in [0, 0.1) is 0 Å². The summed E-state index contributed by atoms with van der Waals surface area (Å²) in [4.78, 5) is 12.0. The summed E-state index contributed by atoms with van der Waals surface area (Å²) in [5, 5.41) is 2.23. The number of hydrogen-bond donors (Lipinski definition) is 0. The van der Waals surface area contributed by atoms with Gasteiger partial charge in [-0.2, -0.15) is 0 Å². The number of thiophene rings is 1. The van der Waals surface area contributed by atoms with E-state index in [9.17, 15) is 4.79 Å². The lowest BCUT2D eigenvalue weighted by molar-refractivity contribution is 0.103. The molecule has 0 radical (unpaired) electrons. The molecular formula is C11H6Cl2OS. The minimum Gasteiger partial charge on any atom is -0.288 e. The standard InChI is InChI=1S/C11H6Cl2OS/c12-9-4-2-1-3-7(9)10(14)8-5-6-15-11(8)13/h1-6H. The Balaban J connectivity index is 2.46. The molecule has 0 fully saturated rings. The van der Waals surface area contributed by atoms with Crippen molar-refractivity contribution in [3.8, 4) is 0 Å². The van der Waals surface area contributed by atoms with Gasteiger partial charge in [0.05, 0.1) is 10.6 Å². The molecule has 0 bridgehead atoms. The van der Waals surface area contributed by atoms with Crippen LogP contribution < -0.4 is 0 Å². The molecule has 1 heterocycles. The fourth-order valence-corrected chi connectivity index (χ4v) is 2.38. The van der Waals surface area contributed by atoms with E-state index in [1.54, 1.807) is 35.7 Å². The van der Waals surface area contributed by atoms with E-state index in [-0.39, 0.29) is 5.78 Å². The minimum atomic E-state index is -0.133. The first kappa shape index (κ1) is 10.7. The molecule has 0 saturated carbocycles. The summed E-state index contributed by atoms with van der Waals surface area (Å²) in [6, 6.07) is 8.65. The number of benzene rings is 1. The first-order valence-corrected chi connectivity index (χ1v) is 5.86. The van der Waals surface area contributed by atoms with Crippen molar-refractivity contribution in [2.75, 3.05) is 0 Å². The molecule has 0 aliphatic heterocycles. The van der Waals surface area contributed by atoms with Gasteiger partial charge in [-0.15, -0.1) is 11.3 Å². The summed E-state index contributed by atoms with van der Waals surface area (Å²) in [6.07, 6.45) is 0. The van der Waals surface area contributed by atoms with Crippen molar-refractivity contribution in [3.05, 3.63) is 56.2 Å². The van der Waals surface area contributed by atoms with E-state index in [1.165, 1.54) is 11.3 Å². The molecule has 1 nitrogen and oxygen atoms in total. The summed E-state index contributed by atoms with van der Waals surface area (Å²) in [6.45, 7) is 0. The summed E-state index contributed by atoms with van der Waals surface area (Å²) in [5.41, 5.74) is 0.995. The molecule has 4 heteroatoms. The van der Waals surface area contributed by atoms with E-state index in [2.05, 4.69) is 0 Å². The number of carbonyl (C=O) groups is 1.